The molecule has 6 nitrogen and oxygen atoms in total. The van der Waals surface area contributed by atoms with Gasteiger partial charge in [0, 0.05) is 6.42 Å². The first-order valence-electron chi connectivity index (χ1n) is 12.4. The zero-order valence-corrected chi connectivity index (χ0v) is 20.0. The van der Waals surface area contributed by atoms with Gasteiger partial charge in [-0.2, -0.15) is 15.0 Å². The summed E-state index contributed by atoms with van der Waals surface area (Å²) in [6.07, 6.45) is 10.2. The largest absolute Gasteiger partial charge is 0.426 e. The second kappa shape index (κ2) is 13.1. The van der Waals surface area contributed by atoms with E-state index in [0.29, 0.717) is 25.0 Å². The number of benzene rings is 2. The molecule has 0 bridgehead atoms. The maximum atomic E-state index is 12.0. The van der Waals surface area contributed by atoms with Crippen molar-refractivity contribution in [2.45, 2.75) is 84.1 Å². The van der Waals surface area contributed by atoms with E-state index in [1.54, 1.807) is 11.7 Å². The Morgan fingerprint density at radius 3 is 2.33 bits per heavy atom. The maximum Gasteiger partial charge on any atom is 0.310 e. The highest BCUT2D eigenvalue weighted by molar-refractivity contribution is 5.73. The van der Waals surface area contributed by atoms with E-state index in [1.807, 2.05) is 30.3 Å². The van der Waals surface area contributed by atoms with Crippen LogP contribution in [0, 0.1) is 0 Å². The van der Waals surface area contributed by atoms with E-state index in [2.05, 4.69) is 29.3 Å². The van der Waals surface area contributed by atoms with Gasteiger partial charge in [-0.15, -0.1) is 0 Å². The Balaban J connectivity index is 1.66. The predicted molar refractivity (Wildman–Crippen MR) is 131 cm³/mol. The Hall–Kier alpha value is -2.73. The molecular weight excluding hydrogens is 414 g/mol. The molecule has 1 aromatic heterocycles. The lowest BCUT2D eigenvalue weighted by atomic mass is 10.00. The third kappa shape index (κ3) is 7.39. The number of carbonyl (C=O) groups excluding carboxylic acids is 1. The van der Waals surface area contributed by atoms with E-state index in [1.165, 1.54) is 37.7 Å². The van der Waals surface area contributed by atoms with Crippen LogP contribution >= 0.6 is 0 Å². The number of esters is 1. The Bertz CT molecular complexity index is 982. The highest BCUT2D eigenvalue weighted by atomic mass is 16.5. The van der Waals surface area contributed by atoms with Crippen LogP contribution in [-0.2, 0) is 17.6 Å². The van der Waals surface area contributed by atoms with Crippen molar-refractivity contribution in [1.29, 1.82) is 0 Å². The number of hydrogen-bond acceptors (Lipinski definition) is 5. The van der Waals surface area contributed by atoms with Gasteiger partial charge in [0.25, 0.3) is 0 Å². The second-order valence-electron chi connectivity index (χ2n) is 8.67. The summed E-state index contributed by atoms with van der Waals surface area (Å²) >= 11 is 0. The number of aryl methyl sites for hydroxylation is 2. The average Bonchev–Trinajstić information content (AvgIpc) is 3.26. The van der Waals surface area contributed by atoms with Crippen LogP contribution in [0.25, 0.3) is 11.0 Å². The summed E-state index contributed by atoms with van der Waals surface area (Å²) in [5, 5.41) is 19.0. The van der Waals surface area contributed by atoms with Crippen molar-refractivity contribution >= 4 is 17.0 Å². The maximum absolute atomic E-state index is 12.0. The van der Waals surface area contributed by atoms with Crippen molar-refractivity contribution in [1.82, 2.24) is 15.0 Å². The lowest BCUT2D eigenvalue weighted by Gasteiger charge is -2.16. The number of unbranched alkanes of at least 4 members (excludes halogenated alkanes) is 5. The van der Waals surface area contributed by atoms with E-state index in [9.17, 15) is 9.90 Å². The molecule has 3 aromatic rings. The van der Waals surface area contributed by atoms with Crippen LogP contribution < -0.4 is 4.74 Å². The molecule has 1 N–H and O–H groups in total. The smallest absolute Gasteiger partial charge is 0.310 e. The molecule has 1 heterocycles. The molecule has 3 rings (SSSR count). The summed E-state index contributed by atoms with van der Waals surface area (Å²) < 4.78 is 5.67. The fourth-order valence-electron chi connectivity index (χ4n) is 4.00. The molecule has 0 amide bonds. The van der Waals surface area contributed by atoms with Gasteiger partial charge in [0.05, 0.1) is 12.6 Å². The Morgan fingerprint density at radius 1 is 0.970 bits per heavy atom. The van der Waals surface area contributed by atoms with Gasteiger partial charge in [0.15, 0.2) is 0 Å². The van der Waals surface area contributed by atoms with Crippen LogP contribution in [0.4, 0.5) is 0 Å². The van der Waals surface area contributed by atoms with Crippen molar-refractivity contribution in [2.24, 2.45) is 0 Å². The molecule has 0 saturated carbocycles. The Morgan fingerprint density at radius 2 is 1.67 bits per heavy atom. The van der Waals surface area contributed by atoms with Gasteiger partial charge < -0.3 is 9.84 Å². The van der Waals surface area contributed by atoms with Crippen molar-refractivity contribution < 1.29 is 14.6 Å². The first-order chi connectivity index (χ1) is 16.1. The predicted octanol–water partition coefficient (Wildman–Crippen LogP) is 5.82. The summed E-state index contributed by atoms with van der Waals surface area (Å²) in [5.74, 6) is 0.410. The molecule has 0 fully saturated rings. The highest BCUT2D eigenvalue weighted by Crippen LogP contribution is 2.26. The summed E-state index contributed by atoms with van der Waals surface area (Å²) in [4.78, 5) is 13.6. The molecule has 1 unspecified atom stereocenters. The van der Waals surface area contributed by atoms with Crippen LogP contribution in [-0.4, -0.2) is 32.7 Å². The topological polar surface area (TPSA) is 77.2 Å². The third-order valence-electron chi connectivity index (χ3n) is 6.05. The quantitative estimate of drug-likeness (QED) is 0.190. The number of aliphatic hydroxyl groups excluding tert-OH is 1. The molecule has 0 aliphatic carbocycles. The first kappa shape index (κ1) is 24.9. The zero-order chi connectivity index (χ0) is 23.5. The zero-order valence-electron chi connectivity index (χ0n) is 20.0. The summed E-state index contributed by atoms with van der Waals surface area (Å²) in [7, 11) is 0. The molecule has 0 saturated heterocycles. The number of nitrogens with zero attached hydrogens (tertiary/aromatic N) is 3. The summed E-state index contributed by atoms with van der Waals surface area (Å²) in [5.41, 5.74) is 3.80. The number of aromatic nitrogens is 3. The van der Waals surface area contributed by atoms with Gasteiger partial charge in [-0.25, -0.2) is 0 Å². The van der Waals surface area contributed by atoms with E-state index in [4.69, 9.17) is 4.74 Å². The minimum Gasteiger partial charge on any atom is -0.426 e. The number of fused-ring (bicyclic) bond motifs is 1. The molecule has 1 atom stereocenters. The first-order valence-corrected chi connectivity index (χ1v) is 12.4. The van der Waals surface area contributed by atoms with Gasteiger partial charge >= 0.3 is 5.97 Å². The van der Waals surface area contributed by atoms with Gasteiger partial charge in [-0.05, 0) is 55.0 Å². The fourth-order valence-corrected chi connectivity index (χ4v) is 4.00. The summed E-state index contributed by atoms with van der Waals surface area (Å²) in [6, 6.07) is 13.7. The van der Waals surface area contributed by atoms with E-state index in [0.717, 1.165) is 29.4 Å². The van der Waals surface area contributed by atoms with Crippen LogP contribution in [0.5, 0.6) is 5.75 Å². The molecule has 33 heavy (non-hydrogen) atoms. The number of ether oxygens (including phenoxy) is 1. The molecule has 0 spiro atoms. The third-order valence-corrected chi connectivity index (χ3v) is 6.05. The minimum absolute atomic E-state index is 0.0544. The lowest BCUT2D eigenvalue weighted by Crippen LogP contribution is -2.17. The molecule has 2 aromatic carbocycles. The molecular formula is C27H37N3O3. The molecule has 0 radical (unpaired) electrons. The number of hydrogen-bond donors (Lipinski definition) is 1. The van der Waals surface area contributed by atoms with Crippen LogP contribution in [0.1, 0.15) is 82.4 Å². The van der Waals surface area contributed by atoms with E-state index < -0.39 is 0 Å². The normalized spacial score (nSPS) is 12.2. The lowest BCUT2D eigenvalue weighted by molar-refractivity contribution is -0.134. The molecule has 6 heteroatoms. The van der Waals surface area contributed by atoms with Crippen molar-refractivity contribution in [3.05, 3.63) is 53.6 Å². The van der Waals surface area contributed by atoms with Gasteiger partial charge in [-0.3, -0.25) is 4.79 Å². The van der Waals surface area contributed by atoms with Gasteiger partial charge in [0.1, 0.15) is 16.8 Å². The molecule has 0 aliphatic rings. The monoisotopic (exact) mass is 451 g/mol. The molecule has 178 valence electrons. The van der Waals surface area contributed by atoms with Crippen LogP contribution in [0.15, 0.2) is 42.5 Å². The summed E-state index contributed by atoms with van der Waals surface area (Å²) in [6.45, 7) is 3.98. The van der Waals surface area contributed by atoms with E-state index in [-0.39, 0.29) is 18.6 Å². The number of aliphatic hydroxyl groups is 1. The van der Waals surface area contributed by atoms with Crippen molar-refractivity contribution in [3.8, 4) is 5.75 Å². The van der Waals surface area contributed by atoms with Crippen molar-refractivity contribution in [3.63, 3.8) is 0 Å². The SMILES string of the molecule is CCCCCCCCc1ccc(CCC(CO)n2nc3ccccc3n2)c(OC(=O)CC)c1. The van der Waals surface area contributed by atoms with E-state index >= 15 is 0 Å². The number of carbonyl (C=O) groups is 1. The van der Waals surface area contributed by atoms with Gasteiger partial charge in [-0.1, -0.05) is 70.2 Å². The molecule has 0 aliphatic heterocycles. The minimum atomic E-state index is -0.241. The Kier molecular flexibility index (Phi) is 9.88. The van der Waals surface area contributed by atoms with Crippen LogP contribution in [0.2, 0.25) is 0 Å². The highest BCUT2D eigenvalue weighted by Gasteiger charge is 2.16. The number of rotatable bonds is 14. The fraction of sp³-hybridized carbons (Fsp3) is 0.519. The average molecular weight is 452 g/mol. The van der Waals surface area contributed by atoms with Gasteiger partial charge in [0.2, 0.25) is 0 Å². The standard InChI is InChI=1S/C27H37N3O3/c1-3-5-6-7-8-9-12-21-15-16-22(26(19-21)33-27(32)4-2)17-18-23(20-31)30-28-24-13-10-11-14-25(24)29-30/h10-11,13-16,19,23,31H,3-9,12,17-18,20H2,1-2H3. The van der Waals surface area contributed by atoms with Crippen LogP contribution in [0.3, 0.4) is 0 Å². The second-order valence-corrected chi connectivity index (χ2v) is 8.67. The van der Waals surface area contributed by atoms with Crippen molar-refractivity contribution in [2.75, 3.05) is 6.61 Å². The Labute approximate surface area is 197 Å².